The number of hydrogen-bond acceptors (Lipinski definition) is 17. The van der Waals surface area contributed by atoms with Crippen molar-refractivity contribution in [1.29, 1.82) is 0 Å². The van der Waals surface area contributed by atoms with E-state index in [1.807, 2.05) is 0 Å². The maximum atomic E-state index is 14.8. The van der Waals surface area contributed by atoms with E-state index in [-0.39, 0.29) is 57.3 Å². The number of nitrogens with two attached hydrogens (primary N) is 2. The van der Waals surface area contributed by atoms with Crippen molar-refractivity contribution in [2.75, 3.05) is 33.3 Å². The van der Waals surface area contributed by atoms with Gasteiger partial charge in [-0.2, -0.15) is 0 Å². The fourth-order valence-electron chi connectivity index (χ4n) is 7.53. The van der Waals surface area contributed by atoms with Gasteiger partial charge in [-0.3, -0.25) is 19.2 Å². The smallest absolute Gasteiger partial charge is 0.419 e. The average molecular weight is 1080 g/mol. The van der Waals surface area contributed by atoms with Gasteiger partial charge in [0.2, 0.25) is 11.8 Å². The number of rotatable bonds is 32. The highest BCUT2D eigenvalue weighted by Gasteiger charge is 2.35. The van der Waals surface area contributed by atoms with Crippen LogP contribution in [0, 0.1) is 11.8 Å². The number of carbonyl (C=O) groups excluding carboxylic acids is 9. The number of nitrogens with one attached hydrogen (secondary N) is 5. The molecule has 1 rings (SSSR count). The maximum absolute atomic E-state index is 14.8. The number of amides is 5. The van der Waals surface area contributed by atoms with Crippen molar-refractivity contribution in [3.8, 4) is 0 Å². The molecule has 1 heterocycles. The lowest BCUT2D eigenvalue weighted by Crippen LogP contribution is -2.53. The van der Waals surface area contributed by atoms with Gasteiger partial charge in [0.05, 0.1) is 18.8 Å². The van der Waals surface area contributed by atoms with Crippen LogP contribution in [0.2, 0.25) is 0 Å². The second-order valence-electron chi connectivity index (χ2n) is 23.0. The zero-order valence-corrected chi connectivity index (χ0v) is 47.7. The van der Waals surface area contributed by atoms with Crippen LogP contribution in [0.25, 0.3) is 0 Å². The number of ketones is 2. The number of imidazole rings is 1. The predicted molar refractivity (Wildman–Crippen MR) is 285 cm³/mol. The van der Waals surface area contributed by atoms with Crippen LogP contribution in [0.4, 0.5) is 19.2 Å². The predicted octanol–water partition coefficient (Wildman–Crippen LogP) is 6.04. The highest BCUT2D eigenvalue weighted by Crippen LogP contribution is 2.24. The number of ether oxygens (including phenoxy) is 5. The minimum atomic E-state index is -1.36. The molecule has 23 heteroatoms. The summed E-state index contributed by atoms with van der Waals surface area (Å²) in [5.41, 5.74) is 8.47. The molecule has 0 saturated heterocycles. The van der Waals surface area contributed by atoms with Gasteiger partial charge in [-0.15, -0.1) is 0 Å². The van der Waals surface area contributed by atoms with Crippen molar-refractivity contribution in [2.24, 2.45) is 23.3 Å². The lowest BCUT2D eigenvalue weighted by atomic mass is 9.83. The van der Waals surface area contributed by atoms with Gasteiger partial charge in [-0.1, -0.05) is 12.8 Å². The van der Waals surface area contributed by atoms with Crippen LogP contribution < -0.4 is 38.1 Å². The van der Waals surface area contributed by atoms with Crippen molar-refractivity contribution in [3.63, 3.8) is 0 Å². The Morgan fingerprint density at radius 3 is 1.46 bits per heavy atom. The molecule has 0 aromatic carbocycles. The van der Waals surface area contributed by atoms with E-state index in [0.29, 0.717) is 64.5 Å². The summed E-state index contributed by atoms with van der Waals surface area (Å²) in [6, 6.07) is -3.56. The van der Waals surface area contributed by atoms with E-state index in [1.54, 1.807) is 83.1 Å². The molecular formula is C53H93N9O14. The molecule has 1 aromatic heterocycles. The Kier molecular flexibility index (Phi) is 29.9. The molecule has 5 amide bonds. The number of Topliss-reactive ketones (excluding diaryl/α,β-unsaturated/α-hetero) is 2. The number of esters is 1. The first-order valence-corrected chi connectivity index (χ1v) is 26.6. The van der Waals surface area contributed by atoms with Gasteiger partial charge in [0.15, 0.2) is 5.78 Å². The first-order valence-electron chi connectivity index (χ1n) is 26.6. The number of aromatic nitrogens is 2. The first-order chi connectivity index (χ1) is 35.3. The minimum absolute atomic E-state index is 0.119. The molecule has 0 aliphatic rings. The van der Waals surface area contributed by atoms with Crippen molar-refractivity contribution in [2.45, 2.75) is 220 Å². The highest BCUT2D eigenvalue weighted by atomic mass is 16.6. The summed E-state index contributed by atoms with van der Waals surface area (Å²) in [7, 11) is 1.20. The fraction of sp³-hybridized carbons (Fsp3) is 0.774. The molecular weight excluding hydrogens is 987 g/mol. The van der Waals surface area contributed by atoms with Gasteiger partial charge in [-0.25, -0.2) is 33.5 Å². The summed E-state index contributed by atoms with van der Waals surface area (Å²) in [6.07, 6.45) is 2.88. The Morgan fingerprint density at radius 1 is 0.526 bits per heavy atom. The van der Waals surface area contributed by atoms with Crippen LogP contribution in [-0.2, 0) is 54.1 Å². The SMILES string of the molecule is COC(=O)C(CCCCN)NC(=O)C(CCCCNC(=O)OC(C)(C)C)CC(=O)C(CCCCNC(=O)OC(C)(C)C)CC(=O)C(Cc1cn(C(=O)OC(C)(C)C)cn1)NC(=O)C(CCCCN)NC(=O)OC(C)(C)C. The Morgan fingerprint density at radius 2 is 0.974 bits per heavy atom. The Labute approximate surface area is 450 Å². The summed E-state index contributed by atoms with van der Waals surface area (Å²) < 4.78 is 27.7. The number of nitrogens with zero attached hydrogens (tertiary/aromatic N) is 2. The summed E-state index contributed by atoms with van der Waals surface area (Å²) in [5.74, 6) is -5.07. The van der Waals surface area contributed by atoms with E-state index in [4.69, 9.17) is 35.2 Å². The van der Waals surface area contributed by atoms with Crippen LogP contribution in [0.5, 0.6) is 0 Å². The van der Waals surface area contributed by atoms with Crippen molar-refractivity contribution >= 4 is 53.7 Å². The third-order valence-electron chi connectivity index (χ3n) is 11.1. The fourth-order valence-corrected chi connectivity index (χ4v) is 7.53. The average Bonchev–Trinajstić information content (AvgIpc) is 3.76. The minimum Gasteiger partial charge on any atom is -0.467 e. The molecule has 1 aromatic rings. The van der Waals surface area contributed by atoms with Crippen LogP contribution >= 0.6 is 0 Å². The van der Waals surface area contributed by atoms with Crippen molar-refractivity contribution in [3.05, 3.63) is 18.2 Å². The molecule has 76 heavy (non-hydrogen) atoms. The molecule has 23 nitrogen and oxygen atoms in total. The van der Waals surface area contributed by atoms with Crippen LogP contribution in [-0.4, -0.2) is 137 Å². The standard InChI is InChI=1S/C53H93N9O14/c1-50(2,3)73-46(68)56-28-20-16-22-35(41(63)31-36(23-17-21-29-57-47(69)74-51(4,5)6)43(65)59-39(45(67)72-13)25-15-19-27-55)30-42(64)40(32-37-33-62(34-58-37)49(71)76-53(10,11)12)60-44(66)38(24-14-18-26-54)61-48(70)75-52(7,8)9/h33-36,38-40H,14-32,54-55H2,1-13H3,(H,56,68)(H,57,69)(H,59,65)(H,60,66)(H,61,70). The van der Waals surface area contributed by atoms with Gasteiger partial charge in [0.25, 0.3) is 0 Å². The van der Waals surface area contributed by atoms with E-state index in [0.717, 1.165) is 4.57 Å². The van der Waals surface area contributed by atoms with E-state index in [1.165, 1.54) is 19.6 Å². The van der Waals surface area contributed by atoms with Gasteiger partial charge < -0.3 is 61.7 Å². The molecule has 0 spiro atoms. The Hall–Kier alpha value is -5.84. The Balaban J connectivity index is 3.78. The molecule has 0 aliphatic carbocycles. The van der Waals surface area contributed by atoms with Crippen LogP contribution in [0.1, 0.15) is 179 Å². The Bertz CT molecular complexity index is 2020. The monoisotopic (exact) mass is 1080 g/mol. The zero-order valence-electron chi connectivity index (χ0n) is 47.7. The lowest BCUT2D eigenvalue weighted by Gasteiger charge is -2.26. The summed E-state index contributed by atoms with van der Waals surface area (Å²) in [6.45, 7) is 21.6. The second-order valence-corrected chi connectivity index (χ2v) is 23.0. The van der Waals surface area contributed by atoms with Gasteiger partial charge in [0.1, 0.15) is 46.6 Å². The first kappa shape index (κ1) is 68.2. The molecule has 9 N–H and O–H groups in total. The molecule has 0 radical (unpaired) electrons. The zero-order chi connectivity index (χ0) is 57.9. The normalized spacial score (nSPS) is 13.9. The maximum Gasteiger partial charge on any atom is 0.419 e. The lowest BCUT2D eigenvalue weighted by molar-refractivity contribution is -0.146. The summed E-state index contributed by atoms with van der Waals surface area (Å²) in [5, 5.41) is 13.6. The molecule has 0 bridgehead atoms. The van der Waals surface area contributed by atoms with Crippen LogP contribution in [0.15, 0.2) is 12.5 Å². The number of carbonyl (C=O) groups is 9. The van der Waals surface area contributed by atoms with Gasteiger partial charge in [-0.05, 0) is 160 Å². The van der Waals surface area contributed by atoms with Gasteiger partial charge >= 0.3 is 30.3 Å². The van der Waals surface area contributed by atoms with E-state index < -0.39 is 113 Å². The number of unbranched alkanes of at least 4 members (excludes halogenated alkanes) is 4. The number of alkyl carbamates (subject to hydrolysis) is 3. The quantitative estimate of drug-likeness (QED) is 0.0245. The number of hydrogen-bond donors (Lipinski definition) is 7. The van der Waals surface area contributed by atoms with Crippen molar-refractivity contribution < 1.29 is 66.8 Å². The number of methoxy groups -OCH3 is 1. The summed E-state index contributed by atoms with van der Waals surface area (Å²) >= 11 is 0. The molecule has 0 fully saturated rings. The van der Waals surface area contributed by atoms with Crippen LogP contribution in [0.3, 0.4) is 0 Å². The van der Waals surface area contributed by atoms with E-state index in [2.05, 4.69) is 31.6 Å². The molecule has 434 valence electrons. The largest absolute Gasteiger partial charge is 0.467 e. The third kappa shape index (κ3) is 31.3. The topological polar surface area (TPSA) is 330 Å². The van der Waals surface area contributed by atoms with Gasteiger partial charge in [0, 0.05) is 50.4 Å². The third-order valence-corrected chi connectivity index (χ3v) is 11.1. The van der Waals surface area contributed by atoms with E-state index >= 15 is 0 Å². The van der Waals surface area contributed by atoms with E-state index in [9.17, 15) is 43.2 Å². The molecule has 0 saturated carbocycles. The molecule has 5 atom stereocenters. The molecule has 5 unspecified atom stereocenters. The van der Waals surface area contributed by atoms with Crippen molar-refractivity contribution in [1.82, 2.24) is 36.1 Å². The second kappa shape index (κ2) is 33.3. The highest BCUT2D eigenvalue weighted by molar-refractivity contribution is 5.96. The molecule has 0 aliphatic heterocycles. The summed E-state index contributed by atoms with van der Waals surface area (Å²) in [4.78, 5) is 126.